The Morgan fingerprint density at radius 2 is 1.33 bits per heavy atom. The van der Waals surface area contributed by atoms with Crippen LogP contribution < -0.4 is 62.9 Å². The summed E-state index contributed by atoms with van der Waals surface area (Å²) >= 11 is 14.1. The molecule has 0 radical (unpaired) electrons. The molecule has 12 rings (SSSR count). The lowest BCUT2D eigenvalue weighted by Crippen LogP contribution is -2.64. The lowest BCUT2D eigenvalue weighted by atomic mass is 9.86. The number of aromatic hydroxyl groups is 3. The molecular weight excluding hydrogens is 1390 g/mol. The van der Waals surface area contributed by atoms with Crippen LogP contribution in [-0.4, -0.2) is 197 Å². The molecule has 18 unspecified atom stereocenters. The third-order valence-electron chi connectivity index (χ3n) is 18.1. The van der Waals surface area contributed by atoms with E-state index < -0.39 is 238 Å². The van der Waals surface area contributed by atoms with Crippen LogP contribution in [0.5, 0.6) is 46.0 Å². The third kappa shape index (κ3) is 16.0. The number of carboxylic acid groups (broad SMARTS) is 1. The van der Waals surface area contributed by atoms with Crippen molar-refractivity contribution in [1.82, 2.24) is 37.2 Å². The van der Waals surface area contributed by atoms with Crippen LogP contribution in [0.3, 0.4) is 0 Å². The van der Waals surface area contributed by atoms with Crippen molar-refractivity contribution < 1.29 is 118 Å². The highest BCUT2D eigenvalue weighted by molar-refractivity contribution is 6.32. The minimum atomic E-state index is -2.35. The number of nitrogens with two attached hydrogens (primary N) is 2. The number of primary amides is 1. The standard InChI is InChI=1S/C67H77Cl2N9O24/c1-24(2)12-36(72-5)59(89)77-51-53(85)28-8-11-41(35(69)15-28)99-43-17-29-16-42(56(43)102-66-57(55(87)54(86)44(23-79)100-66)101-46-21-67(4,71)58(88)25(3)97-46)98-40-10-7-27(14-34(40)68)52(84)50-61(91)73-22-33(65(95)96)31-18-30(80)19-39(82)47(31)32-13-26(6-9-38(32)81)48(62(92)78-50)76-63(93)49(29)75-60(90)37(20-45(70)83)74-64(51)94/h6-11,13-19,24-25,33,36-37,44,46,48-55,57-58,66,72,79-82,84-88H,12,20-23,71H2,1-5H3,(H2,70,83)(H,73,91)(H,74,94)(H,75,90)(H,76,93)(H,77,89)(H,78,92)(H,95,96). The maximum absolute atomic E-state index is 16.1. The number of fused-ring (bicyclic) bond motifs is 15. The molecule has 0 aromatic heterocycles. The first-order chi connectivity index (χ1) is 48.2. The highest BCUT2D eigenvalue weighted by Crippen LogP contribution is 2.50. The van der Waals surface area contributed by atoms with Gasteiger partial charge in [-0.2, -0.15) is 0 Å². The van der Waals surface area contributed by atoms with Gasteiger partial charge in [-0.1, -0.05) is 55.2 Å². The van der Waals surface area contributed by atoms with Crippen molar-refractivity contribution in [2.24, 2.45) is 17.4 Å². The fourth-order valence-corrected chi connectivity index (χ4v) is 13.1. The molecule has 7 aliphatic rings. The van der Waals surface area contributed by atoms with Gasteiger partial charge < -0.3 is 128 Å². The first-order valence-corrected chi connectivity index (χ1v) is 32.9. The Morgan fingerprint density at radius 1 is 0.725 bits per heavy atom. The average molecular weight is 1460 g/mol. The van der Waals surface area contributed by atoms with Gasteiger partial charge in [0, 0.05) is 35.7 Å². The first-order valence-electron chi connectivity index (χ1n) is 32.1. The average Bonchev–Trinajstić information content (AvgIpc) is 0.940. The summed E-state index contributed by atoms with van der Waals surface area (Å²) < 4.78 is 38.4. The summed E-state index contributed by atoms with van der Waals surface area (Å²) in [6.07, 6.45) is -18.4. The highest BCUT2D eigenvalue weighted by Gasteiger charge is 2.51. The Balaban J connectivity index is 1.24. The molecule has 7 aliphatic heterocycles. The van der Waals surface area contributed by atoms with Gasteiger partial charge in [0.05, 0.1) is 47.2 Å². The van der Waals surface area contributed by atoms with Crippen LogP contribution >= 0.6 is 23.2 Å². The summed E-state index contributed by atoms with van der Waals surface area (Å²) in [5.41, 5.74) is 8.36. The van der Waals surface area contributed by atoms with Crippen molar-refractivity contribution >= 4 is 70.5 Å². The number of aliphatic hydroxyl groups excluding tert-OH is 6. The van der Waals surface area contributed by atoms with Gasteiger partial charge >= 0.3 is 5.97 Å². The maximum atomic E-state index is 16.1. The van der Waals surface area contributed by atoms with Gasteiger partial charge in [-0.05, 0) is 116 Å². The number of aliphatic hydroxyl groups is 6. The molecular formula is C67H77Cl2N9O24. The normalized spacial score (nSPS) is 29.4. The smallest absolute Gasteiger partial charge is 0.312 e. The molecule has 35 heteroatoms. The molecule has 0 aliphatic carbocycles. The zero-order valence-electron chi connectivity index (χ0n) is 55.0. The Hall–Kier alpha value is -9.20. The minimum absolute atomic E-state index is 0.0979. The summed E-state index contributed by atoms with van der Waals surface area (Å²) in [6, 6.07) is 1.95. The summed E-state index contributed by atoms with van der Waals surface area (Å²) in [6.45, 7) is 4.79. The zero-order valence-corrected chi connectivity index (χ0v) is 56.5. The van der Waals surface area contributed by atoms with Crippen molar-refractivity contribution in [3.8, 4) is 57.1 Å². The second-order valence-corrected chi connectivity index (χ2v) is 26.9. The number of phenolic OH excluding ortho intramolecular Hbond substituents is 3. The molecule has 7 amide bonds. The molecule has 0 spiro atoms. The number of carbonyl (C=O) groups is 8. The fraction of sp³-hybridized carbons (Fsp3) is 0.433. The molecule has 18 atom stereocenters. The molecule has 5 aromatic rings. The molecule has 548 valence electrons. The van der Waals surface area contributed by atoms with Crippen LogP contribution in [0.25, 0.3) is 11.1 Å². The topological polar surface area (TPSA) is 530 Å². The quantitative estimate of drug-likeness (QED) is 0.0746. The Morgan fingerprint density at radius 3 is 1.92 bits per heavy atom. The molecule has 11 bridgehead atoms. The minimum Gasteiger partial charge on any atom is -0.508 e. The number of ether oxygens (including phenoxy) is 6. The van der Waals surface area contributed by atoms with Gasteiger partial charge in [-0.15, -0.1) is 0 Å². The summed E-state index contributed by atoms with van der Waals surface area (Å²) in [4.78, 5) is 117. The number of carbonyl (C=O) groups excluding carboxylic acids is 7. The second kappa shape index (κ2) is 30.8. The number of hydrogen-bond acceptors (Lipinski definition) is 25. The van der Waals surface area contributed by atoms with Crippen molar-refractivity contribution in [1.29, 1.82) is 0 Å². The van der Waals surface area contributed by atoms with Gasteiger partial charge in [-0.25, -0.2) is 0 Å². The van der Waals surface area contributed by atoms with Crippen molar-refractivity contribution in [3.63, 3.8) is 0 Å². The van der Waals surface area contributed by atoms with Gasteiger partial charge in [0.1, 0.15) is 89.5 Å². The van der Waals surface area contributed by atoms with Gasteiger partial charge in [-0.3, -0.25) is 38.4 Å². The van der Waals surface area contributed by atoms with Gasteiger partial charge in [0.15, 0.2) is 23.9 Å². The SMILES string of the molecule is CNC(CC(C)C)C(=O)NC1C(=O)NC(CC(N)=O)C(=O)NC2C(=O)NC3C(=O)NC(C(=O)NCC(C(=O)O)c4cc(O)cc(O)c4-c4cc3ccc4O)C(O)c3ccc(c(Cl)c3)Oc3cc2cc(c3OC2OC(CO)C(O)C(O)C2OC2CC(C)(N)C(O)C(C)O2)Oc2ccc(cc2Cl)C1O. The summed E-state index contributed by atoms with van der Waals surface area (Å²) in [5.74, 6) is -17.3. The van der Waals surface area contributed by atoms with E-state index in [4.69, 9.17) is 63.1 Å². The Labute approximate surface area is 590 Å². The van der Waals surface area contributed by atoms with E-state index >= 15 is 14.4 Å². The number of benzene rings is 5. The van der Waals surface area contributed by atoms with E-state index in [-0.39, 0.29) is 52.0 Å². The first kappa shape index (κ1) is 75.5. The number of nitrogens with one attached hydrogen (secondary N) is 7. The number of hydrogen-bond donors (Lipinski definition) is 19. The summed E-state index contributed by atoms with van der Waals surface area (Å²) in [7, 11) is 1.47. The Kier molecular flexibility index (Phi) is 22.8. The van der Waals surface area contributed by atoms with E-state index in [2.05, 4.69) is 37.2 Å². The molecule has 102 heavy (non-hydrogen) atoms. The maximum Gasteiger partial charge on any atom is 0.312 e. The van der Waals surface area contributed by atoms with E-state index in [9.17, 15) is 75.0 Å². The predicted molar refractivity (Wildman–Crippen MR) is 354 cm³/mol. The zero-order chi connectivity index (χ0) is 74.2. The van der Waals surface area contributed by atoms with Crippen molar-refractivity contribution in [2.75, 3.05) is 20.2 Å². The van der Waals surface area contributed by atoms with Crippen molar-refractivity contribution in [3.05, 3.63) is 117 Å². The molecule has 21 N–H and O–H groups in total. The number of phenols is 3. The van der Waals surface area contributed by atoms with Crippen LogP contribution in [0.15, 0.2) is 78.9 Å². The Bertz CT molecular complexity index is 4090. The lowest BCUT2D eigenvalue weighted by molar-refractivity contribution is -0.333. The monoisotopic (exact) mass is 1460 g/mol. The van der Waals surface area contributed by atoms with Crippen molar-refractivity contribution in [2.45, 2.75) is 156 Å². The molecule has 0 saturated carbocycles. The molecule has 2 fully saturated rings. The highest BCUT2D eigenvalue weighted by atomic mass is 35.5. The predicted octanol–water partition coefficient (Wildman–Crippen LogP) is 0.149. The summed E-state index contributed by atoms with van der Waals surface area (Å²) in [5, 5.41) is 131. The number of carboxylic acids is 1. The second-order valence-electron chi connectivity index (χ2n) is 26.1. The largest absolute Gasteiger partial charge is 0.508 e. The van der Waals surface area contributed by atoms with E-state index in [0.717, 1.165) is 60.7 Å². The lowest BCUT2D eigenvalue weighted by Gasteiger charge is -2.47. The van der Waals surface area contributed by atoms with Crippen LogP contribution in [0, 0.1) is 5.92 Å². The van der Waals surface area contributed by atoms with Crippen LogP contribution in [0.1, 0.15) is 105 Å². The van der Waals surface area contributed by atoms with E-state index in [1.54, 1.807) is 0 Å². The van der Waals surface area contributed by atoms with Gasteiger partial charge in [0.2, 0.25) is 53.4 Å². The van der Waals surface area contributed by atoms with E-state index in [0.29, 0.717) is 0 Å². The number of aliphatic carboxylic acids is 1. The molecule has 7 heterocycles. The van der Waals surface area contributed by atoms with Gasteiger partial charge in [0.25, 0.3) is 0 Å². The third-order valence-corrected chi connectivity index (χ3v) is 18.7. The molecule has 5 aromatic carbocycles. The van der Waals surface area contributed by atoms with Crippen LogP contribution in [0.2, 0.25) is 10.0 Å². The van der Waals surface area contributed by atoms with Crippen LogP contribution in [0.4, 0.5) is 0 Å². The van der Waals surface area contributed by atoms with E-state index in [1.807, 2.05) is 13.8 Å². The van der Waals surface area contributed by atoms with E-state index in [1.165, 1.54) is 39.1 Å². The molecule has 33 nitrogen and oxygen atoms in total. The number of rotatable bonds is 13. The van der Waals surface area contributed by atoms with Crippen LogP contribution in [-0.2, 0) is 52.6 Å². The number of amides is 7. The number of likely N-dealkylation sites (N-methyl/N-ethyl adjacent to an activating group) is 1. The number of halogens is 2. The fourth-order valence-electron chi connectivity index (χ4n) is 12.7. The molecule has 2 saturated heterocycles.